The largest absolute Gasteiger partial charge is 2.00 e. The average Bonchev–Trinajstić information content (AvgIpc) is 4.00. The van der Waals surface area contributed by atoms with E-state index in [1.807, 2.05) is 32.1 Å². The number of ether oxygens (including phenoxy) is 2. The van der Waals surface area contributed by atoms with E-state index in [4.69, 9.17) is 30.1 Å². The summed E-state index contributed by atoms with van der Waals surface area (Å²) in [6.45, 7) is 23.6. The summed E-state index contributed by atoms with van der Waals surface area (Å²) >= 11 is 0. The van der Waals surface area contributed by atoms with Gasteiger partial charge < -0.3 is 30.1 Å². The number of aromatic nitrogens is 2. The van der Waals surface area contributed by atoms with Crippen LogP contribution in [0.2, 0.25) is 0 Å². The van der Waals surface area contributed by atoms with Crippen LogP contribution in [0.15, 0.2) is 22.7 Å². The van der Waals surface area contributed by atoms with Gasteiger partial charge in [-0.25, -0.2) is 0 Å². The fourth-order valence-electron chi connectivity index (χ4n) is 10.9. The molecular formula is C55H76MgN4O6-2. The fraction of sp³-hybridized carbons (Fsp3) is 0.636. The zero-order chi connectivity index (χ0) is 47.3. The number of allylic oxidation sites excluding steroid dienone is 3. The average molecular weight is 914 g/mol. The van der Waals surface area contributed by atoms with Crippen molar-refractivity contribution in [2.45, 2.75) is 166 Å². The molecule has 8 unspecified atom stereocenters. The third-order valence-corrected chi connectivity index (χ3v) is 15.1. The summed E-state index contributed by atoms with van der Waals surface area (Å²) in [5.74, 6) is -0.245. The molecule has 1 saturated heterocycles. The van der Waals surface area contributed by atoms with E-state index in [1.165, 1.54) is 58.5 Å². The molecule has 356 valence electrons. The summed E-state index contributed by atoms with van der Waals surface area (Å²) in [5.41, 5.74) is 7.50. The molecule has 2 aromatic rings. The SMILES string of the molecule is CCC1=C2/C=c3\[n-]c4c(c3C)C(=O)C(C(=O)OC)C=4C3[N-]/C(=C\c4[n-]c(c(C(C)=O)c4C)/C=C(\[N-]2)C1C)C(C)C3CCC(=O)OCCC(C)CCCC(C)CCCC(C)CCCC(C)C.[Mg+2]. The van der Waals surface area contributed by atoms with Gasteiger partial charge in [0.05, 0.1) is 13.7 Å². The van der Waals surface area contributed by atoms with Gasteiger partial charge in [0.2, 0.25) is 0 Å². The number of nitrogens with zero attached hydrogens (tertiary/aromatic N) is 4. The molecule has 0 radical (unpaired) electrons. The molecule has 8 atom stereocenters. The molecule has 1 aliphatic carbocycles. The maximum Gasteiger partial charge on any atom is 2.00 e. The van der Waals surface area contributed by atoms with E-state index in [0.29, 0.717) is 69.0 Å². The van der Waals surface area contributed by atoms with Crippen molar-refractivity contribution in [1.29, 1.82) is 0 Å². The van der Waals surface area contributed by atoms with Crippen LogP contribution >= 0.6 is 0 Å². The normalized spacial score (nSPS) is 24.3. The van der Waals surface area contributed by atoms with Crippen molar-refractivity contribution in [1.82, 2.24) is 9.97 Å². The second-order valence-corrected chi connectivity index (χ2v) is 20.5. The molecule has 66 heavy (non-hydrogen) atoms. The van der Waals surface area contributed by atoms with Gasteiger partial charge in [0.1, 0.15) is 5.92 Å². The van der Waals surface area contributed by atoms with Gasteiger partial charge in [0.25, 0.3) is 0 Å². The van der Waals surface area contributed by atoms with Crippen LogP contribution in [0.1, 0.15) is 189 Å². The number of carbonyl (C=O) groups excluding carboxylic acids is 4. The van der Waals surface area contributed by atoms with Crippen molar-refractivity contribution in [2.24, 2.45) is 47.3 Å². The molecule has 2 aromatic heterocycles. The minimum atomic E-state index is -1.21. The number of fused-ring (bicyclic) bond motifs is 8. The minimum Gasteiger partial charge on any atom is -0.681 e. The Morgan fingerprint density at radius 3 is 1.98 bits per heavy atom. The Morgan fingerprint density at radius 2 is 1.39 bits per heavy atom. The number of esters is 2. The number of hydrogen-bond donors (Lipinski definition) is 0. The second kappa shape index (κ2) is 23.5. The Kier molecular flexibility index (Phi) is 18.9. The monoisotopic (exact) mass is 913 g/mol. The molecule has 4 aliphatic rings. The van der Waals surface area contributed by atoms with E-state index in [-0.39, 0.29) is 64.8 Å². The molecule has 10 nitrogen and oxygen atoms in total. The zero-order valence-corrected chi connectivity index (χ0v) is 43.7. The van der Waals surface area contributed by atoms with Gasteiger partial charge in [-0.1, -0.05) is 160 Å². The van der Waals surface area contributed by atoms with E-state index in [0.717, 1.165) is 59.5 Å². The third-order valence-electron chi connectivity index (χ3n) is 15.1. The maximum atomic E-state index is 14.4. The first-order valence-corrected chi connectivity index (χ1v) is 24.9. The molecule has 0 N–H and O–H groups in total. The molecule has 6 rings (SSSR count). The molecule has 11 heteroatoms. The third kappa shape index (κ3) is 11.9. The molecule has 5 heterocycles. The first-order chi connectivity index (χ1) is 30.9. The van der Waals surface area contributed by atoms with Crippen molar-refractivity contribution >= 4 is 70.4 Å². The van der Waals surface area contributed by atoms with Gasteiger partial charge in [-0.2, -0.15) is 11.4 Å². The smallest absolute Gasteiger partial charge is 0.681 e. The molecule has 0 spiro atoms. The summed E-state index contributed by atoms with van der Waals surface area (Å²) in [6.07, 6.45) is 19.5. The van der Waals surface area contributed by atoms with E-state index >= 15 is 0 Å². The van der Waals surface area contributed by atoms with Gasteiger partial charge >= 0.3 is 35.0 Å². The van der Waals surface area contributed by atoms with Crippen molar-refractivity contribution < 1.29 is 28.7 Å². The van der Waals surface area contributed by atoms with Crippen LogP contribution in [-0.2, 0) is 19.1 Å². The van der Waals surface area contributed by atoms with Crippen LogP contribution < -0.4 is 20.7 Å². The second-order valence-electron chi connectivity index (χ2n) is 20.5. The number of methoxy groups -OCH3 is 1. The summed E-state index contributed by atoms with van der Waals surface area (Å²) in [5, 5.41) is 11.4. The Morgan fingerprint density at radius 1 is 0.788 bits per heavy atom. The summed E-state index contributed by atoms with van der Waals surface area (Å²) in [6, 6.07) is -0.649. The number of Topliss-reactive ketones (excluding diaryl/α,β-unsaturated/α-hetero) is 2. The van der Waals surface area contributed by atoms with Crippen LogP contribution in [0.25, 0.3) is 34.4 Å². The van der Waals surface area contributed by atoms with E-state index in [2.05, 4.69) is 55.4 Å². The predicted octanol–water partition coefficient (Wildman–Crippen LogP) is 10.8. The predicted molar refractivity (Wildman–Crippen MR) is 266 cm³/mol. The van der Waals surface area contributed by atoms with Gasteiger partial charge in [0, 0.05) is 17.5 Å². The Bertz CT molecular complexity index is 2330. The van der Waals surface area contributed by atoms with E-state index < -0.39 is 17.9 Å². The quantitative estimate of drug-likeness (QED) is 0.0521. The van der Waals surface area contributed by atoms with E-state index in [9.17, 15) is 19.2 Å². The Balaban J connectivity index is 0.00000817. The van der Waals surface area contributed by atoms with Crippen LogP contribution in [-0.4, -0.2) is 66.3 Å². The molecule has 0 aromatic carbocycles. The van der Waals surface area contributed by atoms with Crippen LogP contribution in [0.4, 0.5) is 0 Å². The van der Waals surface area contributed by atoms with Crippen molar-refractivity contribution in [3.05, 3.63) is 77.6 Å². The van der Waals surface area contributed by atoms with Crippen molar-refractivity contribution in [2.75, 3.05) is 13.7 Å². The summed E-state index contributed by atoms with van der Waals surface area (Å²) < 4.78 is 11.1. The van der Waals surface area contributed by atoms with Gasteiger partial charge in [-0.05, 0) is 81.5 Å². The first-order valence-electron chi connectivity index (χ1n) is 24.9. The van der Waals surface area contributed by atoms with Crippen LogP contribution in [0.5, 0.6) is 0 Å². The Labute approximate surface area is 411 Å². The maximum absolute atomic E-state index is 14.4. The molecule has 8 bridgehead atoms. The molecular weight excluding hydrogens is 837 g/mol. The van der Waals surface area contributed by atoms with Gasteiger partial charge in [-0.15, -0.1) is 27.8 Å². The molecule has 0 amide bonds. The standard InChI is InChI=1S/C55H77N4O6.Mg/c1-13-39-34(7)41-29-46-48(38(11)60)36(9)43(57-46)27-42-35(8)40(52(58-42)50-51(55(63)64-12)54(62)49-37(10)44(59-53(49)50)28-45(39)56-41)23-24-47(61)65-26-25-33(6)22-16-21-32(5)20-15-19-31(4)18-14-17-30(2)3;/h27-35,40,51-52H,13-26H2,1-12H3,(H-,56,57,60);/q-3;+2/p-1/b42-27-,44-28-;. The van der Waals surface area contributed by atoms with Crippen molar-refractivity contribution in [3.8, 4) is 0 Å². The van der Waals surface area contributed by atoms with Gasteiger partial charge in [-0.3, -0.25) is 19.2 Å². The zero-order valence-electron chi connectivity index (χ0n) is 42.3. The summed E-state index contributed by atoms with van der Waals surface area (Å²) in [4.78, 5) is 64.8. The first kappa shape index (κ1) is 53.1. The Hall–Kier alpha value is -3.83. The summed E-state index contributed by atoms with van der Waals surface area (Å²) in [7, 11) is 1.29. The van der Waals surface area contributed by atoms with Crippen LogP contribution in [0, 0.1) is 61.2 Å². The number of hydrogen-bond acceptors (Lipinski definition) is 6. The fourth-order valence-corrected chi connectivity index (χ4v) is 10.9. The number of carbonyl (C=O) groups is 4. The topological polar surface area (TPSA) is 143 Å². The number of rotatable bonds is 21. The van der Waals surface area contributed by atoms with Crippen LogP contribution in [0.3, 0.4) is 0 Å². The molecule has 0 saturated carbocycles. The molecule has 3 aliphatic heterocycles. The van der Waals surface area contributed by atoms with Crippen molar-refractivity contribution in [3.63, 3.8) is 0 Å². The minimum absolute atomic E-state index is 0. The van der Waals surface area contributed by atoms with Gasteiger partial charge in [0.15, 0.2) is 11.6 Å². The number of ketones is 2. The van der Waals surface area contributed by atoms with E-state index in [1.54, 1.807) is 6.92 Å². The molecule has 1 fully saturated rings.